The first-order chi connectivity index (χ1) is 13.4. The second kappa shape index (κ2) is 6.46. The smallest absolute Gasteiger partial charge is 0.259 e. The summed E-state index contributed by atoms with van der Waals surface area (Å²) in [4.78, 5) is 26.8. The molecule has 1 unspecified atom stereocenters. The third-order valence-corrected chi connectivity index (χ3v) is 4.95. The first kappa shape index (κ1) is 17.7. The van der Waals surface area contributed by atoms with Gasteiger partial charge in [0.2, 0.25) is 5.91 Å². The zero-order valence-corrected chi connectivity index (χ0v) is 15.3. The van der Waals surface area contributed by atoms with Gasteiger partial charge in [-0.2, -0.15) is 5.26 Å². The van der Waals surface area contributed by atoms with E-state index in [0.29, 0.717) is 33.6 Å². The van der Waals surface area contributed by atoms with Crippen LogP contribution in [0.1, 0.15) is 39.2 Å². The highest BCUT2D eigenvalue weighted by atomic mass is 19.1. The van der Waals surface area contributed by atoms with Gasteiger partial charge < -0.3 is 0 Å². The number of carbonyl (C=O) groups is 2. The molecule has 0 spiro atoms. The number of amides is 1. The summed E-state index contributed by atoms with van der Waals surface area (Å²) in [6.45, 7) is 3.18. The lowest BCUT2D eigenvalue weighted by Gasteiger charge is -2.34. The second-order valence-corrected chi connectivity index (χ2v) is 6.70. The Balaban J connectivity index is 2.03. The Morgan fingerprint density at radius 2 is 1.86 bits per heavy atom. The number of nitriles is 1. The van der Waals surface area contributed by atoms with Gasteiger partial charge in [-0.1, -0.05) is 18.2 Å². The molecule has 3 aromatic rings. The number of anilines is 1. The van der Waals surface area contributed by atoms with Crippen LogP contribution in [-0.4, -0.2) is 16.4 Å². The number of aromatic nitrogens is 1. The van der Waals surface area contributed by atoms with Crippen LogP contribution in [0.25, 0.3) is 11.3 Å². The number of carbonyl (C=O) groups excluding carboxylic acids is 2. The molecule has 1 amide bonds. The zero-order chi connectivity index (χ0) is 20.0. The van der Waals surface area contributed by atoms with Crippen molar-refractivity contribution in [3.05, 3.63) is 77.2 Å². The van der Waals surface area contributed by atoms with Crippen LogP contribution >= 0.6 is 0 Å². The van der Waals surface area contributed by atoms with E-state index in [-0.39, 0.29) is 11.8 Å². The normalized spacial score (nSPS) is 14.8. The number of hydrogen-bond acceptors (Lipinski definition) is 3. The summed E-state index contributed by atoms with van der Waals surface area (Å²) >= 11 is 0. The maximum Gasteiger partial charge on any atom is 0.259 e. The Bertz CT molecular complexity index is 1160. The molecule has 2 heterocycles. The average Bonchev–Trinajstić information content (AvgIpc) is 3.05. The maximum absolute atomic E-state index is 14.1. The van der Waals surface area contributed by atoms with Gasteiger partial charge in [0, 0.05) is 29.8 Å². The number of aryl methyl sites for hydroxylation is 1. The fourth-order valence-corrected chi connectivity index (χ4v) is 3.76. The molecule has 1 aliphatic heterocycles. The zero-order valence-electron chi connectivity index (χ0n) is 15.3. The summed E-state index contributed by atoms with van der Waals surface area (Å²) in [5.41, 5.74) is 2.93. The minimum Gasteiger partial charge on any atom is -0.287 e. The number of halogens is 1. The van der Waals surface area contributed by atoms with E-state index in [1.165, 1.54) is 34.6 Å². The molecule has 0 bridgehead atoms. The van der Waals surface area contributed by atoms with Crippen LogP contribution in [0.3, 0.4) is 0 Å². The average molecular weight is 373 g/mol. The molecule has 6 heteroatoms. The van der Waals surface area contributed by atoms with Crippen molar-refractivity contribution >= 4 is 17.5 Å². The van der Waals surface area contributed by atoms with Crippen LogP contribution in [-0.2, 0) is 0 Å². The van der Waals surface area contributed by atoms with Crippen molar-refractivity contribution in [2.24, 2.45) is 0 Å². The predicted octanol–water partition coefficient (Wildman–Crippen LogP) is 4.49. The molecule has 2 aromatic carbocycles. The van der Waals surface area contributed by atoms with Gasteiger partial charge in [-0.3, -0.25) is 19.1 Å². The number of hydrogen-bond donors (Lipinski definition) is 0. The van der Waals surface area contributed by atoms with E-state index in [0.717, 1.165) is 0 Å². The topological polar surface area (TPSA) is 66.1 Å². The Morgan fingerprint density at radius 3 is 2.50 bits per heavy atom. The van der Waals surface area contributed by atoms with Gasteiger partial charge in [0.25, 0.3) is 5.91 Å². The van der Waals surface area contributed by atoms with Crippen molar-refractivity contribution in [3.8, 4) is 17.3 Å². The summed E-state index contributed by atoms with van der Waals surface area (Å²) in [5, 5.41) is 9.94. The summed E-state index contributed by atoms with van der Waals surface area (Å²) in [6.07, 6.45) is 1.63. The number of nitrogens with zero attached hydrogens (tertiary/aromatic N) is 3. The fourth-order valence-electron chi connectivity index (χ4n) is 3.76. The van der Waals surface area contributed by atoms with E-state index >= 15 is 0 Å². The van der Waals surface area contributed by atoms with Crippen molar-refractivity contribution in [2.75, 3.05) is 4.90 Å². The van der Waals surface area contributed by atoms with Crippen molar-refractivity contribution in [1.29, 1.82) is 5.26 Å². The minimum atomic E-state index is -0.929. The van der Waals surface area contributed by atoms with Crippen LogP contribution in [0.5, 0.6) is 0 Å². The SMILES string of the molecule is CC(=O)n1cc(C)c2c1-c1cc(F)ccc1N(C(=O)c1ccccc1)C2C#N. The van der Waals surface area contributed by atoms with Gasteiger partial charge in [0.05, 0.1) is 17.5 Å². The Hall–Kier alpha value is -3.72. The molecule has 1 aliphatic rings. The molecule has 1 aromatic heterocycles. The molecule has 0 N–H and O–H groups in total. The second-order valence-electron chi connectivity index (χ2n) is 6.70. The van der Waals surface area contributed by atoms with Gasteiger partial charge in [-0.15, -0.1) is 0 Å². The van der Waals surface area contributed by atoms with Crippen LogP contribution in [0, 0.1) is 24.1 Å². The molecular weight excluding hydrogens is 357 g/mol. The summed E-state index contributed by atoms with van der Waals surface area (Å²) in [6, 6.07) is 13.9. The van der Waals surface area contributed by atoms with E-state index in [1.807, 2.05) is 0 Å². The number of fused-ring (bicyclic) bond motifs is 3. The quantitative estimate of drug-likeness (QED) is 0.631. The van der Waals surface area contributed by atoms with Crippen molar-refractivity contribution < 1.29 is 14.0 Å². The summed E-state index contributed by atoms with van der Waals surface area (Å²) in [7, 11) is 0. The molecule has 0 saturated carbocycles. The lowest BCUT2D eigenvalue weighted by molar-refractivity contribution is 0.0938. The summed E-state index contributed by atoms with van der Waals surface area (Å²) < 4.78 is 15.5. The molecule has 0 radical (unpaired) electrons. The van der Waals surface area contributed by atoms with Gasteiger partial charge in [-0.25, -0.2) is 4.39 Å². The van der Waals surface area contributed by atoms with E-state index in [1.54, 1.807) is 43.5 Å². The molecule has 0 saturated heterocycles. The van der Waals surface area contributed by atoms with E-state index in [4.69, 9.17) is 0 Å². The Morgan fingerprint density at radius 1 is 1.14 bits per heavy atom. The van der Waals surface area contributed by atoms with E-state index in [2.05, 4.69) is 6.07 Å². The van der Waals surface area contributed by atoms with E-state index in [9.17, 15) is 19.2 Å². The van der Waals surface area contributed by atoms with Crippen molar-refractivity contribution in [3.63, 3.8) is 0 Å². The third kappa shape index (κ3) is 2.52. The lowest BCUT2D eigenvalue weighted by Crippen LogP contribution is -2.37. The predicted molar refractivity (Wildman–Crippen MR) is 102 cm³/mol. The maximum atomic E-state index is 14.1. The van der Waals surface area contributed by atoms with E-state index < -0.39 is 11.9 Å². The fraction of sp³-hybridized carbons (Fsp3) is 0.136. The number of rotatable bonds is 1. The van der Waals surface area contributed by atoms with Crippen LogP contribution in [0.4, 0.5) is 10.1 Å². The van der Waals surface area contributed by atoms with Crippen LogP contribution in [0.15, 0.2) is 54.7 Å². The van der Waals surface area contributed by atoms with Gasteiger partial charge in [0.15, 0.2) is 6.04 Å². The summed E-state index contributed by atoms with van der Waals surface area (Å²) in [5.74, 6) is -1.10. The monoisotopic (exact) mass is 373 g/mol. The van der Waals surface area contributed by atoms with Gasteiger partial charge in [-0.05, 0) is 42.8 Å². The molecule has 1 atom stereocenters. The van der Waals surface area contributed by atoms with Gasteiger partial charge in [0.1, 0.15) is 5.82 Å². The molecule has 28 heavy (non-hydrogen) atoms. The molecule has 4 rings (SSSR count). The molecule has 0 fully saturated rings. The lowest BCUT2D eigenvalue weighted by atomic mass is 9.91. The van der Waals surface area contributed by atoms with Crippen LogP contribution in [0.2, 0.25) is 0 Å². The molecule has 138 valence electrons. The standard InChI is InChI=1S/C22H16FN3O2/c1-13-12-25(14(2)27)21-17-10-16(23)8-9-18(17)26(19(11-24)20(13)21)22(28)15-6-4-3-5-7-15/h3-10,12,19H,1-2H3. The third-order valence-electron chi connectivity index (χ3n) is 4.95. The Labute approximate surface area is 161 Å². The molecule has 0 aliphatic carbocycles. The molecule has 5 nitrogen and oxygen atoms in total. The highest BCUT2D eigenvalue weighted by Crippen LogP contribution is 2.47. The Kier molecular flexibility index (Phi) is 4.08. The first-order valence-corrected chi connectivity index (χ1v) is 8.75. The van der Waals surface area contributed by atoms with Gasteiger partial charge >= 0.3 is 0 Å². The highest BCUT2D eigenvalue weighted by Gasteiger charge is 2.39. The highest BCUT2D eigenvalue weighted by molar-refractivity contribution is 6.10. The van der Waals surface area contributed by atoms with Crippen molar-refractivity contribution in [1.82, 2.24) is 4.57 Å². The molecular formula is C22H16FN3O2. The first-order valence-electron chi connectivity index (χ1n) is 8.75. The van der Waals surface area contributed by atoms with Crippen molar-refractivity contribution in [2.45, 2.75) is 19.9 Å². The number of benzene rings is 2. The minimum absolute atomic E-state index is 0.251. The van der Waals surface area contributed by atoms with Crippen LogP contribution < -0.4 is 4.90 Å². The largest absolute Gasteiger partial charge is 0.287 e.